The molecule has 3 atom stereocenters. The molecule has 1 aliphatic heterocycles. The highest BCUT2D eigenvalue weighted by atomic mass is 32.2. The fourth-order valence-corrected chi connectivity index (χ4v) is 3.99. The van der Waals surface area contributed by atoms with Crippen LogP contribution in [0.1, 0.15) is 34.6 Å². The van der Waals surface area contributed by atoms with Gasteiger partial charge >= 0.3 is 0 Å². The second-order valence-electron chi connectivity index (χ2n) is 6.71. The molecule has 3 unspecified atom stereocenters. The molecule has 114 valence electrons. The van der Waals surface area contributed by atoms with Gasteiger partial charge in [-0.1, -0.05) is 27.7 Å². The molecule has 1 N–H and O–H groups in total. The summed E-state index contributed by atoms with van der Waals surface area (Å²) in [5, 5.41) is 3.61. The summed E-state index contributed by atoms with van der Waals surface area (Å²) in [6.07, 6.45) is 1.33. The molecule has 0 radical (unpaired) electrons. The number of piperazine rings is 1. The lowest BCUT2D eigenvalue weighted by Gasteiger charge is -2.46. The van der Waals surface area contributed by atoms with Crippen molar-refractivity contribution in [2.75, 3.05) is 25.1 Å². The zero-order valence-electron chi connectivity index (χ0n) is 13.2. The van der Waals surface area contributed by atoms with Crippen LogP contribution in [0.4, 0.5) is 0 Å². The molecule has 0 aromatic carbocycles. The van der Waals surface area contributed by atoms with Crippen LogP contribution in [-0.2, 0) is 9.84 Å². The molecule has 0 aromatic rings. The van der Waals surface area contributed by atoms with Gasteiger partial charge in [0.2, 0.25) is 0 Å². The van der Waals surface area contributed by atoms with Gasteiger partial charge in [-0.3, -0.25) is 4.90 Å². The minimum absolute atomic E-state index is 0.0887. The van der Waals surface area contributed by atoms with Gasteiger partial charge in [-0.15, -0.1) is 0 Å². The smallest absolute Gasteiger partial charge is 0.148 e. The maximum atomic E-state index is 11.5. The van der Waals surface area contributed by atoms with Crippen molar-refractivity contribution in [3.05, 3.63) is 0 Å². The number of nitrogens with one attached hydrogen (secondary N) is 1. The van der Waals surface area contributed by atoms with E-state index in [1.807, 2.05) is 6.92 Å². The summed E-state index contributed by atoms with van der Waals surface area (Å²) < 4.78 is 23.1. The fourth-order valence-electron chi connectivity index (χ4n) is 2.92. The lowest BCUT2D eigenvalue weighted by Crippen LogP contribution is -2.62. The van der Waals surface area contributed by atoms with Crippen LogP contribution in [-0.4, -0.2) is 56.5 Å². The van der Waals surface area contributed by atoms with E-state index in [-0.39, 0.29) is 11.8 Å². The van der Waals surface area contributed by atoms with E-state index in [1.54, 1.807) is 0 Å². The summed E-state index contributed by atoms with van der Waals surface area (Å²) in [4.78, 5) is 2.40. The largest absolute Gasteiger partial charge is 0.311 e. The third-order valence-corrected chi connectivity index (χ3v) is 5.19. The van der Waals surface area contributed by atoms with Crippen molar-refractivity contribution in [2.45, 2.75) is 52.7 Å². The quantitative estimate of drug-likeness (QED) is 0.831. The normalized spacial score (nSPS) is 28.0. The molecule has 0 bridgehead atoms. The molecule has 0 aliphatic carbocycles. The molecule has 0 amide bonds. The summed E-state index contributed by atoms with van der Waals surface area (Å²) in [5.41, 5.74) is 0. The first-order chi connectivity index (χ1) is 8.61. The van der Waals surface area contributed by atoms with Crippen LogP contribution in [0.2, 0.25) is 0 Å². The minimum Gasteiger partial charge on any atom is -0.311 e. The van der Waals surface area contributed by atoms with Gasteiger partial charge in [0.15, 0.2) is 0 Å². The summed E-state index contributed by atoms with van der Waals surface area (Å²) in [7, 11) is -2.92. The van der Waals surface area contributed by atoms with E-state index in [4.69, 9.17) is 0 Å². The molecule has 5 heteroatoms. The number of hydrogen-bond donors (Lipinski definition) is 1. The molecule has 1 saturated heterocycles. The van der Waals surface area contributed by atoms with Crippen LogP contribution < -0.4 is 5.32 Å². The molecule has 0 spiro atoms. The van der Waals surface area contributed by atoms with E-state index in [1.165, 1.54) is 6.26 Å². The zero-order chi connectivity index (χ0) is 14.8. The van der Waals surface area contributed by atoms with Crippen molar-refractivity contribution in [3.63, 3.8) is 0 Å². The first kappa shape index (κ1) is 16.9. The number of rotatable bonds is 5. The van der Waals surface area contributed by atoms with Crippen LogP contribution in [0, 0.1) is 11.8 Å². The minimum atomic E-state index is -2.92. The Morgan fingerprint density at radius 1 is 1.16 bits per heavy atom. The summed E-state index contributed by atoms with van der Waals surface area (Å²) in [6.45, 7) is 12.8. The molecule has 1 aliphatic rings. The summed E-state index contributed by atoms with van der Waals surface area (Å²) >= 11 is 0. The van der Waals surface area contributed by atoms with Gasteiger partial charge in [-0.2, -0.15) is 0 Å². The van der Waals surface area contributed by atoms with E-state index >= 15 is 0 Å². The third-order valence-electron chi connectivity index (χ3n) is 4.11. The molecule has 0 saturated carbocycles. The average molecular weight is 290 g/mol. The molecular formula is C14H30N2O2S. The van der Waals surface area contributed by atoms with E-state index in [0.717, 1.165) is 13.1 Å². The number of hydrogen-bond acceptors (Lipinski definition) is 4. The Morgan fingerprint density at radius 3 is 2.16 bits per heavy atom. The maximum absolute atomic E-state index is 11.5. The van der Waals surface area contributed by atoms with Crippen molar-refractivity contribution in [2.24, 2.45) is 11.8 Å². The van der Waals surface area contributed by atoms with E-state index < -0.39 is 9.84 Å². The van der Waals surface area contributed by atoms with Gasteiger partial charge in [0.25, 0.3) is 0 Å². The van der Waals surface area contributed by atoms with Crippen molar-refractivity contribution in [1.29, 1.82) is 0 Å². The number of nitrogens with zero attached hydrogens (tertiary/aromatic N) is 1. The molecule has 4 nitrogen and oxygen atoms in total. The third kappa shape index (κ3) is 5.04. The predicted molar refractivity (Wildman–Crippen MR) is 81.1 cm³/mol. The van der Waals surface area contributed by atoms with Crippen molar-refractivity contribution in [3.8, 4) is 0 Å². The van der Waals surface area contributed by atoms with E-state index in [9.17, 15) is 8.42 Å². The monoisotopic (exact) mass is 290 g/mol. The van der Waals surface area contributed by atoms with Gasteiger partial charge in [0.1, 0.15) is 9.84 Å². The standard InChI is InChI=1S/C14H30N2O2S/c1-10(2)13-8-16(12(5)9-19(6,17)18)14(7-15-13)11(3)4/h10-15H,7-9H2,1-6H3. The van der Waals surface area contributed by atoms with Gasteiger partial charge in [0.05, 0.1) is 5.75 Å². The second kappa shape index (κ2) is 6.55. The predicted octanol–water partition coefficient (Wildman–Crippen LogP) is 1.37. The fraction of sp³-hybridized carbons (Fsp3) is 1.00. The average Bonchev–Trinajstić information content (AvgIpc) is 2.25. The Kier molecular flexibility index (Phi) is 5.83. The Morgan fingerprint density at radius 2 is 1.74 bits per heavy atom. The van der Waals surface area contributed by atoms with Gasteiger partial charge in [-0.25, -0.2) is 8.42 Å². The summed E-state index contributed by atoms with van der Waals surface area (Å²) in [5.74, 6) is 1.35. The Labute approximate surface area is 118 Å². The van der Waals surface area contributed by atoms with Gasteiger partial charge < -0.3 is 5.32 Å². The first-order valence-electron chi connectivity index (χ1n) is 7.28. The van der Waals surface area contributed by atoms with Crippen LogP contribution in [0.25, 0.3) is 0 Å². The maximum Gasteiger partial charge on any atom is 0.148 e. The summed E-state index contributed by atoms with van der Waals surface area (Å²) in [6, 6.07) is 0.967. The second-order valence-corrected chi connectivity index (χ2v) is 8.89. The molecule has 1 fully saturated rings. The molecule has 1 heterocycles. The highest BCUT2D eigenvalue weighted by Crippen LogP contribution is 2.21. The highest BCUT2D eigenvalue weighted by molar-refractivity contribution is 7.90. The van der Waals surface area contributed by atoms with Crippen molar-refractivity contribution >= 4 is 9.84 Å². The topological polar surface area (TPSA) is 49.4 Å². The molecule has 19 heavy (non-hydrogen) atoms. The van der Waals surface area contributed by atoms with Gasteiger partial charge in [-0.05, 0) is 18.8 Å². The van der Waals surface area contributed by atoms with Crippen molar-refractivity contribution in [1.82, 2.24) is 10.2 Å². The lowest BCUT2D eigenvalue weighted by atomic mass is 9.93. The molecule has 0 aromatic heterocycles. The van der Waals surface area contributed by atoms with Crippen molar-refractivity contribution < 1.29 is 8.42 Å². The lowest BCUT2D eigenvalue weighted by molar-refractivity contribution is 0.0593. The van der Waals surface area contributed by atoms with Gasteiger partial charge in [0, 0.05) is 37.5 Å². The SMILES string of the molecule is CC(C)C1CN(C(C)CS(C)(=O)=O)C(C(C)C)CN1. The Balaban J connectivity index is 2.82. The van der Waals surface area contributed by atoms with Crippen LogP contribution in [0.15, 0.2) is 0 Å². The van der Waals surface area contributed by atoms with Crippen LogP contribution in [0.3, 0.4) is 0 Å². The molecular weight excluding hydrogens is 260 g/mol. The van der Waals surface area contributed by atoms with Crippen LogP contribution >= 0.6 is 0 Å². The van der Waals surface area contributed by atoms with E-state index in [2.05, 4.69) is 37.9 Å². The van der Waals surface area contributed by atoms with Crippen LogP contribution in [0.5, 0.6) is 0 Å². The zero-order valence-corrected chi connectivity index (χ0v) is 14.0. The Hall–Kier alpha value is -0.130. The number of sulfone groups is 1. The first-order valence-corrected chi connectivity index (χ1v) is 9.34. The van der Waals surface area contributed by atoms with E-state index in [0.29, 0.717) is 23.9 Å². The molecule has 1 rings (SSSR count). The highest BCUT2D eigenvalue weighted by Gasteiger charge is 2.34. The Bertz CT molecular complexity index is 379.